The zero-order chi connectivity index (χ0) is 13.5. The van der Waals surface area contributed by atoms with E-state index >= 15 is 0 Å². The van der Waals surface area contributed by atoms with E-state index in [-0.39, 0.29) is 12.7 Å². The van der Waals surface area contributed by atoms with E-state index in [1.165, 1.54) is 0 Å². The summed E-state index contributed by atoms with van der Waals surface area (Å²) in [6, 6.07) is 7.03. The van der Waals surface area contributed by atoms with Gasteiger partial charge in [0.2, 0.25) is 0 Å². The Bertz CT molecular complexity index is 402. The van der Waals surface area contributed by atoms with Crippen LogP contribution in [0.15, 0.2) is 24.3 Å². The number of nitrogens with one attached hydrogen (secondary N) is 2. The third-order valence-electron chi connectivity index (χ3n) is 2.74. The number of hydrogen-bond donors (Lipinski definition) is 2. The minimum Gasteiger partial charge on any atom is -0.497 e. The second-order valence-corrected chi connectivity index (χ2v) is 4.15. The van der Waals surface area contributed by atoms with E-state index in [1.807, 2.05) is 0 Å². The lowest BCUT2D eigenvalue weighted by Crippen LogP contribution is -2.41. The Balaban J connectivity index is 1.73. The molecule has 6 heteroatoms. The fraction of sp³-hybridized carbons (Fsp3) is 0.462. The maximum Gasteiger partial charge on any atom is 0.411 e. The van der Waals surface area contributed by atoms with Crippen molar-refractivity contribution in [2.24, 2.45) is 0 Å². The molecule has 1 saturated heterocycles. The standard InChI is InChI=1S/C13H18N2O4/c1-17-11-4-2-10(3-5-11)15-13(16)19-9-12-8-14-6-7-18-12/h2-5,12,14H,6-9H2,1H3,(H,15,16). The number of ether oxygens (including phenoxy) is 3. The van der Waals surface area contributed by atoms with Gasteiger partial charge in [-0.25, -0.2) is 4.79 Å². The van der Waals surface area contributed by atoms with Crippen molar-refractivity contribution < 1.29 is 19.0 Å². The van der Waals surface area contributed by atoms with Gasteiger partial charge in [0.05, 0.1) is 13.7 Å². The molecule has 0 radical (unpaired) electrons. The zero-order valence-electron chi connectivity index (χ0n) is 10.8. The number of carbonyl (C=O) groups is 1. The highest BCUT2D eigenvalue weighted by Crippen LogP contribution is 2.15. The quantitative estimate of drug-likeness (QED) is 0.858. The van der Waals surface area contributed by atoms with Gasteiger partial charge in [0.25, 0.3) is 0 Å². The first-order valence-electron chi connectivity index (χ1n) is 6.18. The lowest BCUT2D eigenvalue weighted by atomic mass is 10.3. The molecule has 0 spiro atoms. The Kier molecular flexibility index (Phi) is 5.00. The van der Waals surface area contributed by atoms with E-state index in [4.69, 9.17) is 14.2 Å². The Hall–Kier alpha value is -1.79. The van der Waals surface area contributed by atoms with E-state index < -0.39 is 6.09 Å². The first kappa shape index (κ1) is 13.6. The summed E-state index contributed by atoms with van der Waals surface area (Å²) >= 11 is 0. The van der Waals surface area contributed by atoms with Gasteiger partial charge in [-0.1, -0.05) is 0 Å². The molecule has 2 N–H and O–H groups in total. The van der Waals surface area contributed by atoms with E-state index in [0.717, 1.165) is 12.3 Å². The van der Waals surface area contributed by atoms with Crippen LogP contribution in [0.1, 0.15) is 0 Å². The topological polar surface area (TPSA) is 68.8 Å². The summed E-state index contributed by atoms with van der Waals surface area (Å²) in [6.45, 7) is 2.44. The van der Waals surface area contributed by atoms with Crippen LogP contribution in [-0.4, -0.2) is 45.6 Å². The maximum absolute atomic E-state index is 11.6. The summed E-state index contributed by atoms with van der Waals surface area (Å²) in [6.07, 6.45) is -0.560. The number of carbonyl (C=O) groups excluding carboxylic acids is 1. The number of rotatable bonds is 4. The third kappa shape index (κ3) is 4.42. The Morgan fingerprint density at radius 2 is 2.26 bits per heavy atom. The van der Waals surface area contributed by atoms with Crippen molar-refractivity contribution in [2.75, 3.05) is 38.7 Å². The van der Waals surface area contributed by atoms with Crippen molar-refractivity contribution in [3.05, 3.63) is 24.3 Å². The molecule has 0 aliphatic carbocycles. The molecule has 1 amide bonds. The molecule has 6 nitrogen and oxygen atoms in total. The average Bonchev–Trinajstić information content (AvgIpc) is 2.47. The molecule has 0 bridgehead atoms. The van der Waals surface area contributed by atoms with Gasteiger partial charge in [0.15, 0.2) is 0 Å². The van der Waals surface area contributed by atoms with Crippen LogP contribution in [0.2, 0.25) is 0 Å². The van der Waals surface area contributed by atoms with Crippen LogP contribution in [0.25, 0.3) is 0 Å². The number of methoxy groups -OCH3 is 1. The summed E-state index contributed by atoms with van der Waals surface area (Å²) in [4.78, 5) is 11.6. The molecule has 1 aromatic carbocycles. The van der Waals surface area contributed by atoms with Crippen molar-refractivity contribution in [3.8, 4) is 5.75 Å². The van der Waals surface area contributed by atoms with Gasteiger partial charge < -0.3 is 19.5 Å². The number of morpholine rings is 1. The normalized spacial score (nSPS) is 18.7. The Labute approximate surface area is 112 Å². The monoisotopic (exact) mass is 266 g/mol. The van der Waals surface area contributed by atoms with E-state index in [1.54, 1.807) is 31.4 Å². The van der Waals surface area contributed by atoms with Gasteiger partial charge in [-0.15, -0.1) is 0 Å². The predicted octanol–water partition coefficient (Wildman–Crippen LogP) is 1.23. The van der Waals surface area contributed by atoms with Gasteiger partial charge in [-0.05, 0) is 24.3 Å². The van der Waals surface area contributed by atoms with Crippen LogP contribution >= 0.6 is 0 Å². The van der Waals surface area contributed by atoms with Gasteiger partial charge in [0.1, 0.15) is 18.5 Å². The fourth-order valence-corrected chi connectivity index (χ4v) is 1.72. The highest BCUT2D eigenvalue weighted by Gasteiger charge is 2.15. The molecule has 1 aliphatic heterocycles. The van der Waals surface area contributed by atoms with Crippen molar-refractivity contribution in [1.29, 1.82) is 0 Å². The first-order chi connectivity index (χ1) is 9.28. The predicted molar refractivity (Wildman–Crippen MR) is 70.6 cm³/mol. The average molecular weight is 266 g/mol. The number of hydrogen-bond acceptors (Lipinski definition) is 5. The number of anilines is 1. The van der Waals surface area contributed by atoms with E-state index in [0.29, 0.717) is 18.8 Å². The van der Waals surface area contributed by atoms with Crippen molar-refractivity contribution in [2.45, 2.75) is 6.10 Å². The van der Waals surface area contributed by atoms with Crippen LogP contribution in [0, 0.1) is 0 Å². The summed E-state index contributed by atoms with van der Waals surface area (Å²) in [5.41, 5.74) is 0.661. The molecule has 1 heterocycles. The molecule has 2 rings (SSSR count). The van der Waals surface area contributed by atoms with E-state index in [2.05, 4.69) is 10.6 Å². The minimum absolute atomic E-state index is 0.0737. The molecule has 0 saturated carbocycles. The van der Waals surface area contributed by atoms with Crippen LogP contribution in [0.5, 0.6) is 5.75 Å². The fourth-order valence-electron chi connectivity index (χ4n) is 1.72. The molecule has 1 aromatic rings. The van der Waals surface area contributed by atoms with Crippen molar-refractivity contribution in [3.63, 3.8) is 0 Å². The molecule has 1 unspecified atom stereocenters. The molecule has 1 aliphatic rings. The lowest BCUT2D eigenvalue weighted by Gasteiger charge is -2.23. The summed E-state index contributed by atoms with van der Waals surface area (Å²) in [5, 5.41) is 5.81. The van der Waals surface area contributed by atoms with Crippen LogP contribution in [-0.2, 0) is 9.47 Å². The Morgan fingerprint density at radius 3 is 2.89 bits per heavy atom. The summed E-state index contributed by atoms with van der Waals surface area (Å²) in [7, 11) is 1.59. The largest absolute Gasteiger partial charge is 0.497 e. The molecule has 1 atom stereocenters. The minimum atomic E-state index is -0.487. The van der Waals surface area contributed by atoms with Crippen LogP contribution < -0.4 is 15.4 Å². The lowest BCUT2D eigenvalue weighted by molar-refractivity contribution is -0.00984. The molecule has 104 valence electrons. The van der Waals surface area contributed by atoms with E-state index in [9.17, 15) is 4.79 Å². The van der Waals surface area contributed by atoms with Crippen molar-refractivity contribution >= 4 is 11.8 Å². The van der Waals surface area contributed by atoms with Crippen LogP contribution in [0.3, 0.4) is 0 Å². The second kappa shape index (κ2) is 6.96. The second-order valence-electron chi connectivity index (χ2n) is 4.15. The van der Waals surface area contributed by atoms with Gasteiger partial charge in [-0.2, -0.15) is 0 Å². The summed E-state index contributed by atoms with van der Waals surface area (Å²) < 4.78 is 15.6. The van der Waals surface area contributed by atoms with Gasteiger partial charge in [-0.3, -0.25) is 5.32 Å². The Morgan fingerprint density at radius 1 is 1.47 bits per heavy atom. The molecule has 0 aromatic heterocycles. The molecule has 1 fully saturated rings. The zero-order valence-corrected chi connectivity index (χ0v) is 10.8. The molecular weight excluding hydrogens is 248 g/mol. The van der Waals surface area contributed by atoms with Gasteiger partial charge >= 0.3 is 6.09 Å². The molecule has 19 heavy (non-hydrogen) atoms. The van der Waals surface area contributed by atoms with Crippen LogP contribution in [0.4, 0.5) is 10.5 Å². The third-order valence-corrected chi connectivity index (χ3v) is 2.74. The number of amides is 1. The maximum atomic E-state index is 11.6. The highest BCUT2D eigenvalue weighted by molar-refractivity contribution is 5.84. The SMILES string of the molecule is COc1ccc(NC(=O)OCC2CNCCO2)cc1. The smallest absolute Gasteiger partial charge is 0.411 e. The van der Waals surface area contributed by atoms with Crippen molar-refractivity contribution in [1.82, 2.24) is 5.32 Å². The summed E-state index contributed by atoms with van der Waals surface area (Å²) in [5.74, 6) is 0.737. The highest BCUT2D eigenvalue weighted by atomic mass is 16.6. The first-order valence-corrected chi connectivity index (χ1v) is 6.18. The molecular formula is C13H18N2O4. The number of benzene rings is 1. The van der Waals surface area contributed by atoms with Gasteiger partial charge in [0, 0.05) is 18.8 Å².